The number of carbonyl (C=O) groups excluding carboxylic acids is 1. The largest absolute Gasteiger partial charge is 0.321 e. The molecule has 6 heteroatoms. The molecule has 3 aromatic rings. The highest BCUT2D eigenvalue weighted by atomic mass is 32.2. The molecule has 1 amide bonds. The van der Waals surface area contributed by atoms with E-state index in [4.69, 9.17) is 0 Å². The summed E-state index contributed by atoms with van der Waals surface area (Å²) in [5.41, 5.74) is 1.14. The summed E-state index contributed by atoms with van der Waals surface area (Å²) in [5.74, 6) is -0.269. The number of hydrogen-bond donors (Lipinski definition) is 1. The third-order valence-electron chi connectivity index (χ3n) is 5.67. The second kappa shape index (κ2) is 7.97. The van der Waals surface area contributed by atoms with Crippen molar-refractivity contribution in [2.45, 2.75) is 36.6 Å². The van der Waals surface area contributed by atoms with Crippen LogP contribution in [0.4, 0.5) is 5.69 Å². The summed E-state index contributed by atoms with van der Waals surface area (Å²) in [6, 6.07) is 19.8. The van der Waals surface area contributed by atoms with Gasteiger partial charge in [0, 0.05) is 29.7 Å². The van der Waals surface area contributed by atoms with Gasteiger partial charge in [-0.2, -0.15) is 4.31 Å². The molecule has 29 heavy (non-hydrogen) atoms. The fourth-order valence-electron chi connectivity index (χ4n) is 3.94. The average Bonchev–Trinajstić information content (AvgIpc) is 3.28. The highest BCUT2D eigenvalue weighted by Gasteiger charge is 2.30. The molecule has 1 saturated carbocycles. The van der Waals surface area contributed by atoms with Crippen LogP contribution < -0.4 is 5.32 Å². The Labute approximate surface area is 171 Å². The van der Waals surface area contributed by atoms with Crippen LogP contribution in [-0.4, -0.2) is 31.7 Å². The Morgan fingerprint density at radius 2 is 1.59 bits per heavy atom. The van der Waals surface area contributed by atoms with E-state index in [1.54, 1.807) is 19.2 Å². The first-order chi connectivity index (χ1) is 14.0. The number of sulfonamides is 1. The van der Waals surface area contributed by atoms with Crippen molar-refractivity contribution in [1.29, 1.82) is 0 Å². The fourth-order valence-corrected chi connectivity index (χ4v) is 5.35. The highest BCUT2D eigenvalue weighted by Crippen LogP contribution is 2.28. The predicted molar refractivity (Wildman–Crippen MR) is 116 cm³/mol. The smallest absolute Gasteiger partial charge is 0.255 e. The SMILES string of the molecule is CN(C1CCCC1)S(=O)(=O)c1ccc(C(=O)Nc2cccc3ccccc23)cc1. The van der Waals surface area contributed by atoms with Gasteiger partial charge in [0.2, 0.25) is 10.0 Å². The quantitative estimate of drug-likeness (QED) is 0.668. The lowest BCUT2D eigenvalue weighted by Crippen LogP contribution is -2.35. The van der Waals surface area contributed by atoms with Crippen LogP contribution in [0, 0.1) is 0 Å². The Kier molecular flexibility index (Phi) is 5.39. The van der Waals surface area contributed by atoms with Gasteiger partial charge < -0.3 is 5.32 Å². The molecule has 0 aromatic heterocycles. The van der Waals surface area contributed by atoms with E-state index in [-0.39, 0.29) is 16.8 Å². The Bertz CT molecular complexity index is 1130. The topological polar surface area (TPSA) is 66.5 Å². The first-order valence-electron chi connectivity index (χ1n) is 9.84. The number of hydrogen-bond acceptors (Lipinski definition) is 3. The van der Waals surface area contributed by atoms with Crippen molar-refractivity contribution in [3.63, 3.8) is 0 Å². The average molecular weight is 409 g/mol. The molecule has 0 aliphatic heterocycles. The van der Waals surface area contributed by atoms with Crippen molar-refractivity contribution in [2.75, 3.05) is 12.4 Å². The molecular weight excluding hydrogens is 384 g/mol. The van der Waals surface area contributed by atoms with Crippen LogP contribution in [0.5, 0.6) is 0 Å². The molecule has 5 nitrogen and oxygen atoms in total. The van der Waals surface area contributed by atoms with Crippen molar-refractivity contribution in [1.82, 2.24) is 4.31 Å². The van der Waals surface area contributed by atoms with E-state index < -0.39 is 10.0 Å². The zero-order valence-corrected chi connectivity index (χ0v) is 17.2. The summed E-state index contributed by atoms with van der Waals surface area (Å²) in [5, 5.41) is 4.93. The summed E-state index contributed by atoms with van der Waals surface area (Å²) in [4.78, 5) is 12.9. The van der Waals surface area contributed by atoms with E-state index in [1.165, 1.54) is 16.4 Å². The van der Waals surface area contributed by atoms with Crippen LogP contribution >= 0.6 is 0 Å². The maximum Gasteiger partial charge on any atom is 0.255 e. The lowest BCUT2D eigenvalue weighted by molar-refractivity contribution is 0.102. The summed E-state index contributed by atoms with van der Waals surface area (Å²) in [6.07, 6.45) is 3.94. The number of rotatable bonds is 5. The molecule has 0 spiro atoms. The molecular formula is C23H24N2O3S. The lowest BCUT2D eigenvalue weighted by Gasteiger charge is -2.23. The predicted octanol–water partition coefficient (Wildman–Crippen LogP) is 4.66. The van der Waals surface area contributed by atoms with Gasteiger partial charge in [0.25, 0.3) is 5.91 Å². The Morgan fingerprint density at radius 1 is 0.931 bits per heavy atom. The molecule has 1 aliphatic carbocycles. The molecule has 1 N–H and O–H groups in total. The standard InChI is InChI=1S/C23H24N2O3S/c1-25(19-9-3-4-10-19)29(27,28)20-15-13-18(14-16-20)23(26)24-22-12-6-8-17-7-2-5-11-21(17)22/h2,5-8,11-16,19H,3-4,9-10H2,1H3,(H,24,26). The minimum absolute atomic E-state index is 0.0642. The Morgan fingerprint density at radius 3 is 2.31 bits per heavy atom. The Balaban J connectivity index is 1.53. The van der Waals surface area contributed by atoms with Crippen LogP contribution in [0.3, 0.4) is 0 Å². The normalized spacial score (nSPS) is 15.1. The van der Waals surface area contributed by atoms with E-state index in [0.717, 1.165) is 42.1 Å². The molecule has 1 fully saturated rings. The van der Waals surface area contributed by atoms with Gasteiger partial charge in [-0.05, 0) is 48.6 Å². The Hall–Kier alpha value is -2.70. The number of nitrogens with zero attached hydrogens (tertiary/aromatic N) is 1. The van der Waals surface area contributed by atoms with Crippen LogP contribution in [0.25, 0.3) is 10.8 Å². The van der Waals surface area contributed by atoms with Crippen LogP contribution in [0.15, 0.2) is 71.6 Å². The lowest BCUT2D eigenvalue weighted by atomic mass is 10.1. The van der Waals surface area contributed by atoms with Crippen LogP contribution in [0.1, 0.15) is 36.0 Å². The molecule has 0 saturated heterocycles. The number of anilines is 1. The third kappa shape index (κ3) is 3.91. The van der Waals surface area contributed by atoms with Gasteiger partial charge in [-0.25, -0.2) is 8.42 Å². The second-order valence-corrected chi connectivity index (χ2v) is 9.46. The first-order valence-corrected chi connectivity index (χ1v) is 11.3. The van der Waals surface area contributed by atoms with E-state index in [0.29, 0.717) is 5.56 Å². The molecule has 0 radical (unpaired) electrons. The van der Waals surface area contributed by atoms with Crippen LogP contribution in [0.2, 0.25) is 0 Å². The maximum atomic E-state index is 12.9. The number of carbonyl (C=O) groups is 1. The fraction of sp³-hybridized carbons (Fsp3) is 0.261. The second-order valence-electron chi connectivity index (χ2n) is 7.46. The molecule has 0 bridgehead atoms. The summed E-state index contributed by atoms with van der Waals surface area (Å²) in [7, 11) is -1.91. The van der Waals surface area contributed by atoms with Crippen molar-refractivity contribution in [3.05, 3.63) is 72.3 Å². The van der Waals surface area contributed by atoms with E-state index in [9.17, 15) is 13.2 Å². The molecule has 1 aliphatic rings. The molecule has 150 valence electrons. The molecule has 0 atom stereocenters. The first kappa shape index (κ1) is 19.6. The minimum Gasteiger partial charge on any atom is -0.321 e. The van der Waals surface area contributed by atoms with E-state index in [2.05, 4.69) is 5.32 Å². The summed E-state index contributed by atoms with van der Waals surface area (Å²) >= 11 is 0. The van der Waals surface area contributed by atoms with Gasteiger partial charge in [0.15, 0.2) is 0 Å². The van der Waals surface area contributed by atoms with Crippen molar-refractivity contribution >= 4 is 32.4 Å². The van der Waals surface area contributed by atoms with Gasteiger partial charge in [-0.1, -0.05) is 49.2 Å². The van der Waals surface area contributed by atoms with Crippen molar-refractivity contribution in [3.8, 4) is 0 Å². The number of benzene rings is 3. The molecule has 3 aromatic carbocycles. The minimum atomic E-state index is -3.55. The third-order valence-corrected chi connectivity index (χ3v) is 7.59. The monoisotopic (exact) mass is 408 g/mol. The van der Waals surface area contributed by atoms with Gasteiger partial charge in [0.05, 0.1) is 4.90 Å². The maximum absolute atomic E-state index is 12.9. The number of nitrogens with one attached hydrogen (secondary N) is 1. The van der Waals surface area contributed by atoms with Crippen molar-refractivity contribution in [2.24, 2.45) is 0 Å². The summed E-state index contributed by atoms with van der Waals surface area (Å²) < 4.78 is 27.2. The van der Waals surface area contributed by atoms with Crippen molar-refractivity contribution < 1.29 is 13.2 Å². The zero-order chi connectivity index (χ0) is 20.4. The molecule has 0 heterocycles. The number of amides is 1. The summed E-state index contributed by atoms with van der Waals surface area (Å²) in [6.45, 7) is 0. The zero-order valence-electron chi connectivity index (χ0n) is 16.3. The highest BCUT2D eigenvalue weighted by molar-refractivity contribution is 7.89. The van der Waals surface area contributed by atoms with E-state index >= 15 is 0 Å². The van der Waals surface area contributed by atoms with Gasteiger partial charge in [-0.3, -0.25) is 4.79 Å². The van der Waals surface area contributed by atoms with E-state index in [1.807, 2.05) is 42.5 Å². The van der Waals surface area contributed by atoms with Gasteiger partial charge in [0.1, 0.15) is 0 Å². The van der Waals surface area contributed by atoms with Crippen LogP contribution in [-0.2, 0) is 10.0 Å². The van der Waals surface area contributed by atoms with Gasteiger partial charge in [-0.15, -0.1) is 0 Å². The molecule has 0 unspecified atom stereocenters. The molecule has 4 rings (SSSR count). The van der Waals surface area contributed by atoms with Gasteiger partial charge >= 0.3 is 0 Å². The number of fused-ring (bicyclic) bond motifs is 1.